The quantitative estimate of drug-likeness (QED) is 0.180. The maximum Gasteiger partial charge on any atom is 0.159 e. The summed E-state index contributed by atoms with van der Waals surface area (Å²) in [5, 5.41) is 7.30. The topological polar surface area (TPSA) is 21.3 Å². The van der Waals surface area contributed by atoms with Crippen LogP contribution in [-0.4, -0.2) is 4.57 Å². The number of furan rings is 1. The highest BCUT2D eigenvalue weighted by Gasteiger charge is 2.22. The van der Waals surface area contributed by atoms with Crippen LogP contribution in [0.2, 0.25) is 0 Å². The molecule has 0 aliphatic heterocycles. The summed E-state index contributed by atoms with van der Waals surface area (Å²) in [5.74, 6) is 0. The molecule has 0 fully saturated rings. The number of para-hydroxylation sites is 4. The summed E-state index contributed by atoms with van der Waals surface area (Å²) in [6.45, 7) is 0. The summed E-state index contributed by atoms with van der Waals surface area (Å²) in [6.07, 6.45) is 0. The number of fused-ring (bicyclic) bond motifs is 9. The summed E-state index contributed by atoms with van der Waals surface area (Å²) < 4.78 is 11.7. The van der Waals surface area contributed by atoms with Gasteiger partial charge < -0.3 is 13.9 Å². The molecule has 0 radical (unpaired) electrons. The second-order valence-electron chi connectivity index (χ2n) is 13.3. The molecule has 0 spiro atoms. The molecular weight excluding hydrogens is 653 g/mol. The van der Waals surface area contributed by atoms with Crippen LogP contribution in [-0.2, 0) is 0 Å². The molecule has 0 aliphatic rings. The largest absolute Gasteiger partial charge is 0.454 e. The van der Waals surface area contributed by atoms with Crippen molar-refractivity contribution < 1.29 is 4.42 Å². The molecule has 0 N–H and O–H groups in total. The minimum absolute atomic E-state index is 0.867. The van der Waals surface area contributed by atoms with Crippen LogP contribution in [0, 0.1) is 0 Å². The zero-order valence-electron chi connectivity index (χ0n) is 28.0. The van der Waals surface area contributed by atoms with Crippen molar-refractivity contribution in [1.82, 2.24) is 4.57 Å². The number of thiophene rings is 1. The van der Waals surface area contributed by atoms with Gasteiger partial charge in [-0.15, -0.1) is 11.3 Å². The highest BCUT2D eigenvalue weighted by Crippen LogP contribution is 2.45. The van der Waals surface area contributed by atoms with E-state index in [0.29, 0.717) is 0 Å². The highest BCUT2D eigenvalue weighted by atomic mass is 32.1. The monoisotopic (exact) mass is 682 g/mol. The van der Waals surface area contributed by atoms with E-state index >= 15 is 0 Å². The summed E-state index contributed by atoms with van der Waals surface area (Å²) in [5.41, 5.74) is 10.8. The van der Waals surface area contributed by atoms with Crippen molar-refractivity contribution in [2.24, 2.45) is 0 Å². The van der Waals surface area contributed by atoms with Crippen LogP contribution in [0.5, 0.6) is 0 Å². The van der Waals surface area contributed by atoms with E-state index in [9.17, 15) is 0 Å². The Hall–Kier alpha value is -6.62. The minimum Gasteiger partial charge on any atom is -0.454 e. The van der Waals surface area contributed by atoms with Crippen LogP contribution >= 0.6 is 11.3 Å². The van der Waals surface area contributed by atoms with Crippen LogP contribution in [0.15, 0.2) is 186 Å². The summed E-state index contributed by atoms with van der Waals surface area (Å²) in [6, 6.07) is 65.4. The predicted molar refractivity (Wildman–Crippen MR) is 221 cm³/mol. The average molecular weight is 683 g/mol. The molecule has 3 heterocycles. The van der Waals surface area contributed by atoms with E-state index < -0.39 is 0 Å². The molecular formula is C48H30N2OS. The van der Waals surface area contributed by atoms with E-state index in [1.807, 2.05) is 17.4 Å². The van der Waals surface area contributed by atoms with E-state index in [1.165, 1.54) is 47.6 Å². The third-order valence-electron chi connectivity index (χ3n) is 10.4. The second-order valence-corrected chi connectivity index (χ2v) is 14.4. The van der Waals surface area contributed by atoms with Gasteiger partial charge in [-0.2, -0.15) is 0 Å². The zero-order valence-corrected chi connectivity index (χ0v) is 28.8. The summed E-state index contributed by atoms with van der Waals surface area (Å²) in [7, 11) is 0. The maximum absolute atomic E-state index is 6.66. The van der Waals surface area contributed by atoms with E-state index in [1.54, 1.807) is 0 Å². The van der Waals surface area contributed by atoms with E-state index in [4.69, 9.17) is 4.42 Å². The highest BCUT2D eigenvalue weighted by molar-refractivity contribution is 7.25. The van der Waals surface area contributed by atoms with Gasteiger partial charge in [0.05, 0.1) is 16.7 Å². The van der Waals surface area contributed by atoms with E-state index in [-0.39, 0.29) is 0 Å². The first kappa shape index (κ1) is 29.1. The zero-order chi connectivity index (χ0) is 34.2. The number of hydrogen-bond acceptors (Lipinski definition) is 3. The van der Waals surface area contributed by atoms with Gasteiger partial charge in [0.15, 0.2) is 5.58 Å². The fraction of sp³-hybridized carbons (Fsp3) is 0. The van der Waals surface area contributed by atoms with Crippen LogP contribution < -0.4 is 4.90 Å². The van der Waals surface area contributed by atoms with Gasteiger partial charge in [-0.05, 0) is 77.9 Å². The number of aromatic nitrogens is 1. The van der Waals surface area contributed by atoms with Crippen molar-refractivity contribution in [2.45, 2.75) is 0 Å². The van der Waals surface area contributed by atoms with Gasteiger partial charge in [-0.25, -0.2) is 0 Å². The van der Waals surface area contributed by atoms with Crippen molar-refractivity contribution in [1.29, 1.82) is 0 Å². The second kappa shape index (κ2) is 11.5. The third-order valence-corrected chi connectivity index (χ3v) is 11.5. The summed E-state index contributed by atoms with van der Waals surface area (Å²) >= 11 is 1.86. The van der Waals surface area contributed by atoms with Crippen LogP contribution in [0.25, 0.3) is 80.7 Å². The van der Waals surface area contributed by atoms with E-state index in [0.717, 1.165) is 50.2 Å². The molecule has 3 aromatic heterocycles. The number of nitrogens with zero attached hydrogens (tertiary/aromatic N) is 2. The molecule has 0 bridgehead atoms. The van der Waals surface area contributed by atoms with Crippen LogP contribution in [0.3, 0.4) is 0 Å². The first-order valence-corrected chi connectivity index (χ1v) is 18.4. The number of rotatable bonds is 5. The number of hydrogen-bond donors (Lipinski definition) is 0. The lowest BCUT2D eigenvalue weighted by Gasteiger charge is -2.26. The molecule has 52 heavy (non-hydrogen) atoms. The molecule has 244 valence electrons. The van der Waals surface area contributed by atoms with Crippen molar-refractivity contribution >= 4 is 92.3 Å². The van der Waals surface area contributed by atoms with E-state index in [2.05, 4.69) is 185 Å². The molecule has 0 atom stereocenters. The lowest BCUT2D eigenvalue weighted by Crippen LogP contribution is -2.10. The summed E-state index contributed by atoms with van der Waals surface area (Å²) in [4.78, 5) is 2.35. The molecule has 0 saturated heterocycles. The molecule has 0 unspecified atom stereocenters. The molecule has 0 saturated carbocycles. The first-order chi connectivity index (χ1) is 25.8. The Bertz CT molecular complexity index is 3130. The Morgan fingerprint density at radius 2 is 1.13 bits per heavy atom. The van der Waals surface area contributed by atoms with Gasteiger partial charge in [0, 0.05) is 58.8 Å². The van der Waals surface area contributed by atoms with Crippen molar-refractivity contribution in [3.8, 4) is 16.8 Å². The fourth-order valence-electron chi connectivity index (χ4n) is 8.09. The Morgan fingerprint density at radius 1 is 0.462 bits per heavy atom. The van der Waals surface area contributed by atoms with Gasteiger partial charge in [-0.1, -0.05) is 115 Å². The molecule has 4 heteroatoms. The fourth-order valence-corrected chi connectivity index (χ4v) is 9.23. The standard InChI is InChI=1S/C48H30N2OS/c1-2-12-32(13-3-1)50-41-19-7-4-14-36(41)37-29-28-34(30-43(37)50)49(42-20-10-18-39-38-15-5-8-21-44(38)51-48(39)42)33-26-24-31(25-27-33)35-17-11-23-46-47(35)40-16-6-9-22-45(40)52-46/h1-30H. The Morgan fingerprint density at radius 3 is 2.02 bits per heavy atom. The smallest absolute Gasteiger partial charge is 0.159 e. The lowest BCUT2D eigenvalue weighted by molar-refractivity contribution is 0.669. The predicted octanol–water partition coefficient (Wildman–Crippen LogP) is 14.2. The van der Waals surface area contributed by atoms with Crippen molar-refractivity contribution in [3.63, 3.8) is 0 Å². The normalized spacial score (nSPS) is 11.8. The molecule has 0 amide bonds. The average Bonchev–Trinajstić information content (AvgIpc) is 3.88. The van der Waals surface area contributed by atoms with Gasteiger partial charge >= 0.3 is 0 Å². The minimum atomic E-state index is 0.867. The molecule has 0 aliphatic carbocycles. The molecule has 11 rings (SSSR count). The molecule has 11 aromatic rings. The number of anilines is 3. The van der Waals surface area contributed by atoms with Gasteiger partial charge in [0.2, 0.25) is 0 Å². The van der Waals surface area contributed by atoms with Gasteiger partial charge in [0.25, 0.3) is 0 Å². The Kier molecular flexibility index (Phi) is 6.42. The SMILES string of the molecule is c1ccc(-n2c3ccccc3c3ccc(N(c4ccc(-c5cccc6sc7ccccc7c56)cc4)c4cccc5c4oc4ccccc45)cc32)cc1. The lowest BCUT2D eigenvalue weighted by atomic mass is 9.99. The Balaban J connectivity index is 1.15. The van der Waals surface area contributed by atoms with Gasteiger partial charge in [0.1, 0.15) is 5.58 Å². The van der Waals surface area contributed by atoms with Gasteiger partial charge in [-0.3, -0.25) is 0 Å². The maximum atomic E-state index is 6.66. The van der Waals surface area contributed by atoms with Crippen LogP contribution in [0.1, 0.15) is 0 Å². The first-order valence-electron chi connectivity index (χ1n) is 17.6. The van der Waals surface area contributed by atoms with Crippen LogP contribution in [0.4, 0.5) is 17.1 Å². The van der Waals surface area contributed by atoms with Crippen molar-refractivity contribution in [3.05, 3.63) is 182 Å². The third kappa shape index (κ3) is 4.38. The molecule has 8 aromatic carbocycles. The van der Waals surface area contributed by atoms with Crippen molar-refractivity contribution in [2.75, 3.05) is 4.90 Å². The Labute approximate surface area is 303 Å². The number of benzene rings is 8. The molecule has 3 nitrogen and oxygen atoms in total.